The van der Waals surface area contributed by atoms with E-state index < -0.39 is 36.1 Å². The lowest BCUT2D eigenvalue weighted by Crippen LogP contribution is -2.39. The molecule has 4 aliphatic rings. The van der Waals surface area contributed by atoms with Crippen molar-refractivity contribution < 1.29 is 43.9 Å². The zero-order valence-electron chi connectivity index (χ0n) is 26.7. The number of carbonyl (C=O) groups is 2. The fraction of sp³-hybridized carbons (Fsp3) is 0.472. The molecule has 0 aromatic heterocycles. The molecule has 10 heteroatoms. The van der Waals surface area contributed by atoms with E-state index in [2.05, 4.69) is 4.99 Å². The van der Waals surface area contributed by atoms with Crippen molar-refractivity contribution in [3.05, 3.63) is 68.4 Å². The molecule has 0 saturated heterocycles. The van der Waals surface area contributed by atoms with Crippen molar-refractivity contribution in [1.82, 2.24) is 0 Å². The van der Waals surface area contributed by atoms with E-state index in [9.17, 15) is 24.9 Å². The molecule has 3 atom stereocenters. The lowest BCUT2D eigenvalue weighted by molar-refractivity contribution is -0.141. The minimum Gasteiger partial charge on any atom is -0.492 e. The second kappa shape index (κ2) is 12.7. The third-order valence-electron chi connectivity index (χ3n) is 9.15. The lowest BCUT2D eigenvalue weighted by Gasteiger charge is -2.33. The summed E-state index contributed by atoms with van der Waals surface area (Å²) < 4.78 is 24.2. The minimum atomic E-state index is -1.20. The van der Waals surface area contributed by atoms with Crippen LogP contribution in [-0.2, 0) is 27.4 Å². The Morgan fingerprint density at radius 3 is 2.63 bits per heavy atom. The largest absolute Gasteiger partial charge is 0.492 e. The molecule has 0 spiro atoms. The number of nitrogens with zero attached hydrogens (tertiary/aromatic N) is 1. The van der Waals surface area contributed by atoms with Crippen LogP contribution in [0.5, 0.6) is 17.2 Å². The van der Waals surface area contributed by atoms with Crippen LogP contribution in [0.1, 0.15) is 75.1 Å². The first-order valence-corrected chi connectivity index (χ1v) is 16.0. The van der Waals surface area contributed by atoms with Crippen LogP contribution in [0, 0.1) is 5.92 Å². The average molecular weight is 632 g/mol. The van der Waals surface area contributed by atoms with Crippen LogP contribution >= 0.6 is 0 Å². The Morgan fingerprint density at radius 2 is 1.93 bits per heavy atom. The summed E-state index contributed by atoms with van der Waals surface area (Å²) in [6.07, 6.45) is 4.68. The van der Waals surface area contributed by atoms with Crippen molar-refractivity contribution in [2.45, 2.75) is 77.6 Å². The summed E-state index contributed by atoms with van der Waals surface area (Å²) in [5, 5.41) is 33.9. The Bertz CT molecular complexity index is 1760. The molecule has 3 aliphatic heterocycles. The number of allylic oxidation sites excluding steroid dienone is 3. The van der Waals surface area contributed by atoms with E-state index >= 15 is 0 Å². The maximum atomic E-state index is 13.8. The van der Waals surface area contributed by atoms with Crippen LogP contribution < -0.4 is 24.8 Å². The van der Waals surface area contributed by atoms with Crippen LogP contribution in [0.2, 0.25) is 0 Å². The quantitative estimate of drug-likeness (QED) is 0.356. The summed E-state index contributed by atoms with van der Waals surface area (Å²) in [6, 6.07) is 5.84. The molecular weight excluding hydrogens is 590 g/mol. The molecule has 6 rings (SSSR count). The number of hydrogen-bond acceptors (Lipinski definition) is 10. The standard InChI is InChI=1S/C36H41NO9/c1-5-11-44-33-25-16-29(36(3,4)42)46-32(25)26(18-39)34-30(33)23(15-28(45-34)35(41)43-6-2)21-13-22(17-38)31(40)24(14-21)19-7-8-27-20(12-19)9-10-37-27/h7-9,12,15,22,24,29,38-39,42H,5-6,10-11,13-14,16-18H2,1-4H3. The Hall–Kier alpha value is -3.99. The third kappa shape index (κ3) is 5.63. The molecule has 244 valence electrons. The molecule has 0 bridgehead atoms. The van der Waals surface area contributed by atoms with E-state index in [1.165, 1.54) is 0 Å². The van der Waals surface area contributed by atoms with Gasteiger partial charge in [-0.2, -0.15) is 0 Å². The molecule has 1 saturated carbocycles. The second-order valence-corrected chi connectivity index (χ2v) is 12.7. The van der Waals surface area contributed by atoms with Gasteiger partial charge in [0.15, 0.2) is 0 Å². The Kier molecular flexibility index (Phi) is 8.80. The van der Waals surface area contributed by atoms with Crippen LogP contribution in [-0.4, -0.2) is 65.1 Å². The number of esters is 1. The van der Waals surface area contributed by atoms with Gasteiger partial charge in [-0.05, 0) is 74.6 Å². The number of ketones is 1. The summed E-state index contributed by atoms with van der Waals surface area (Å²) in [6.45, 7) is 7.32. The van der Waals surface area contributed by atoms with E-state index in [-0.39, 0.29) is 36.9 Å². The smallest absolute Gasteiger partial charge is 0.374 e. The SMILES string of the molecule is CCCOc1c2c(c(CO)c3c1C(=C1CC(CO)C(=O)C(c4ccc5c(c4)=CCN=5)C1)C=C(C(=O)OCC)O3)OC(C(C)(C)O)C2. The maximum absolute atomic E-state index is 13.8. The molecule has 3 heterocycles. The number of aliphatic hydroxyl groups excluding tert-OH is 2. The summed E-state index contributed by atoms with van der Waals surface area (Å²) in [7, 11) is 0. The van der Waals surface area contributed by atoms with Gasteiger partial charge in [0.1, 0.15) is 29.1 Å². The molecule has 0 radical (unpaired) electrons. The van der Waals surface area contributed by atoms with Gasteiger partial charge in [-0.25, -0.2) is 4.79 Å². The molecule has 1 fully saturated rings. The monoisotopic (exact) mass is 631 g/mol. The minimum absolute atomic E-state index is 0.0440. The Balaban J connectivity index is 1.59. The number of Topliss-reactive ketones (excluding diaryl/α,β-unsaturated/α-hetero) is 1. The summed E-state index contributed by atoms with van der Waals surface area (Å²) >= 11 is 0. The van der Waals surface area contributed by atoms with Crippen LogP contribution in [0.25, 0.3) is 11.6 Å². The van der Waals surface area contributed by atoms with E-state index in [0.29, 0.717) is 66.2 Å². The Morgan fingerprint density at radius 1 is 1.13 bits per heavy atom. The van der Waals surface area contributed by atoms with E-state index in [4.69, 9.17) is 18.9 Å². The second-order valence-electron chi connectivity index (χ2n) is 12.7. The number of hydrogen-bond donors (Lipinski definition) is 3. The fourth-order valence-electron chi connectivity index (χ4n) is 6.78. The van der Waals surface area contributed by atoms with Crippen molar-refractivity contribution in [3.8, 4) is 17.2 Å². The Labute approximate surface area is 267 Å². The van der Waals surface area contributed by atoms with Crippen molar-refractivity contribution in [2.75, 3.05) is 26.4 Å². The zero-order valence-corrected chi connectivity index (χ0v) is 26.7. The first-order valence-electron chi connectivity index (χ1n) is 16.0. The zero-order chi connectivity index (χ0) is 32.7. The van der Waals surface area contributed by atoms with Crippen LogP contribution in [0.3, 0.4) is 0 Å². The number of rotatable bonds is 9. The van der Waals surface area contributed by atoms with Crippen molar-refractivity contribution in [1.29, 1.82) is 0 Å². The van der Waals surface area contributed by atoms with Crippen LogP contribution in [0.4, 0.5) is 0 Å². The predicted octanol–water partition coefficient (Wildman–Crippen LogP) is 2.80. The number of ether oxygens (including phenoxy) is 4. The molecular formula is C36H41NO9. The van der Waals surface area contributed by atoms with Crippen molar-refractivity contribution in [3.63, 3.8) is 0 Å². The topological polar surface area (TPSA) is 144 Å². The highest BCUT2D eigenvalue weighted by atomic mass is 16.6. The van der Waals surface area contributed by atoms with Gasteiger partial charge in [-0.15, -0.1) is 0 Å². The highest BCUT2D eigenvalue weighted by Gasteiger charge is 2.44. The van der Waals surface area contributed by atoms with Gasteiger partial charge in [-0.1, -0.05) is 24.6 Å². The van der Waals surface area contributed by atoms with Gasteiger partial charge >= 0.3 is 5.97 Å². The molecule has 3 N–H and O–H groups in total. The molecule has 0 amide bonds. The lowest BCUT2D eigenvalue weighted by atomic mass is 9.72. The average Bonchev–Trinajstić information content (AvgIpc) is 3.70. The van der Waals surface area contributed by atoms with Gasteiger partial charge in [0, 0.05) is 23.8 Å². The highest BCUT2D eigenvalue weighted by Crippen LogP contribution is 2.55. The van der Waals surface area contributed by atoms with Crippen molar-refractivity contribution >= 4 is 23.4 Å². The molecule has 1 aliphatic carbocycles. The first-order chi connectivity index (χ1) is 22.1. The highest BCUT2D eigenvalue weighted by molar-refractivity contribution is 5.98. The van der Waals surface area contributed by atoms with E-state index in [1.807, 2.05) is 31.2 Å². The summed E-state index contributed by atoms with van der Waals surface area (Å²) in [4.78, 5) is 31.4. The number of fused-ring (bicyclic) bond motifs is 3. The van der Waals surface area contributed by atoms with E-state index in [0.717, 1.165) is 21.7 Å². The molecule has 3 unspecified atom stereocenters. The third-order valence-corrected chi connectivity index (χ3v) is 9.15. The van der Waals surface area contributed by atoms with Crippen LogP contribution in [0.15, 0.2) is 40.6 Å². The molecule has 2 aromatic carbocycles. The van der Waals surface area contributed by atoms with E-state index in [1.54, 1.807) is 26.8 Å². The molecule has 46 heavy (non-hydrogen) atoms. The predicted molar refractivity (Wildman–Crippen MR) is 169 cm³/mol. The fourth-order valence-corrected chi connectivity index (χ4v) is 6.78. The molecule has 2 aromatic rings. The summed E-state index contributed by atoms with van der Waals surface area (Å²) in [5.41, 5.74) is 2.67. The number of aliphatic hydroxyl groups is 3. The summed E-state index contributed by atoms with van der Waals surface area (Å²) in [5.74, 6) is -0.942. The van der Waals surface area contributed by atoms with Gasteiger partial charge < -0.3 is 34.3 Å². The normalized spacial score (nSPS) is 23.2. The van der Waals surface area contributed by atoms with Gasteiger partial charge in [0.05, 0.1) is 55.1 Å². The van der Waals surface area contributed by atoms with Gasteiger partial charge in [0.25, 0.3) is 0 Å². The number of carbonyl (C=O) groups excluding carboxylic acids is 2. The van der Waals surface area contributed by atoms with Gasteiger partial charge in [0.2, 0.25) is 5.76 Å². The number of benzene rings is 2. The van der Waals surface area contributed by atoms with Gasteiger partial charge in [-0.3, -0.25) is 9.79 Å². The first kappa shape index (κ1) is 32.0. The maximum Gasteiger partial charge on any atom is 0.374 e. The molecule has 10 nitrogen and oxygen atoms in total. The van der Waals surface area contributed by atoms with Crippen molar-refractivity contribution in [2.24, 2.45) is 10.9 Å².